The van der Waals surface area contributed by atoms with E-state index in [9.17, 15) is 10.1 Å². The molecule has 10 heavy (non-hydrogen) atoms. The Hall–Kier alpha value is -0.720. The van der Waals surface area contributed by atoms with E-state index in [1.165, 1.54) is 0 Å². The Balaban J connectivity index is 2.98. The fraction of sp³-hybridized carbons (Fsp3) is 1.00. The molecule has 0 heterocycles. The Morgan fingerprint density at radius 2 is 2.20 bits per heavy atom. The van der Waals surface area contributed by atoms with Crippen LogP contribution in [-0.4, -0.2) is 34.8 Å². The highest BCUT2D eigenvalue weighted by molar-refractivity contribution is 4.30. The van der Waals surface area contributed by atoms with Crippen molar-refractivity contribution in [3.05, 3.63) is 10.1 Å². The van der Waals surface area contributed by atoms with E-state index in [0.29, 0.717) is 0 Å². The number of hydrogen-bond donors (Lipinski definition) is 2. The molecule has 0 aliphatic carbocycles. The zero-order valence-electron chi connectivity index (χ0n) is 5.27. The van der Waals surface area contributed by atoms with Crippen LogP contribution in [0.5, 0.6) is 0 Å². The normalized spacial score (nSPS) is 10.3. The largest absolute Gasteiger partial charge is 0.346 e. The topological polar surface area (TPSA) is 92.8 Å². The number of hydrogen-bond acceptors (Lipinski definition) is 5. The highest BCUT2D eigenvalue weighted by Gasteiger charge is 1.99. The van der Waals surface area contributed by atoms with E-state index >= 15 is 0 Å². The molecule has 0 saturated heterocycles. The summed E-state index contributed by atoms with van der Waals surface area (Å²) in [7, 11) is 0. The van der Waals surface area contributed by atoms with Gasteiger partial charge in [0.15, 0.2) is 0 Å². The van der Waals surface area contributed by atoms with Crippen molar-refractivity contribution in [2.75, 3.05) is 13.2 Å². The Kier molecular flexibility index (Phi) is 4.73. The van der Waals surface area contributed by atoms with Gasteiger partial charge in [-0.05, 0) is 0 Å². The van der Waals surface area contributed by atoms with Crippen molar-refractivity contribution >= 4 is 0 Å². The van der Waals surface area contributed by atoms with Gasteiger partial charge in [-0.2, -0.15) is 0 Å². The first-order valence-electron chi connectivity index (χ1n) is 2.72. The molecular formula is C4H9NO5. The summed E-state index contributed by atoms with van der Waals surface area (Å²) < 4.78 is 4.20. The lowest BCUT2D eigenvalue weighted by Crippen LogP contribution is -2.13. The monoisotopic (exact) mass is 151 g/mol. The van der Waals surface area contributed by atoms with Gasteiger partial charge in [-0.1, -0.05) is 0 Å². The van der Waals surface area contributed by atoms with Crippen LogP contribution in [0.2, 0.25) is 0 Å². The smallest absolute Gasteiger partial charge is 0.266 e. The number of nitro groups is 1. The summed E-state index contributed by atoms with van der Waals surface area (Å²) in [6.07, 6.45) is 0.185. The molecule has 6 heteroatoms. The van der Waals surface area contributed by atoms with Crippen molar-refractivity contribution < 1.29 is 19.9 Å². The quantitative estimate of drug-likeness (QED) is 0.226. The molecule has 60 valence electrons. The maximum atomic E-state index is 9.67. The molecule has 0 fully saturated rings. The minimum atomic E-state index is -1.83. The molecule has 0 aromatic carbocycles. The zero-order chi connectivity index (χ0) is 7.98. The third kappa shape index (κ3) is 7.28. The molecule has 0 aliphatic rings. The van der Waals surface area contributed by atoms with Crippen molar-refractivity contribution in [3.63, 3.8) is 0 Å². The van der Waals surface area contributed by atoms with Crippen LogP contribution >= 0.6 is 0 Å². The van der Waals surface area contributed by atoms with Gasteiger partial charge in [-0.3, -0.25) is 10.1 Å². The summed E-state index contributed by atoms with van der Waals surface area (Å²) in [5.74, 6) is 0. The average Bonchev–Trinajstić information content (AvgIpc) is 1.79. The summed E-state index contributed by atoms with van der Waals surface area (Å²) in [6, 6.07) is 0. The Morgan fingerprint density at radius 1 is 1.60 bits per heavy atom. The summed E-state index contributed by atoms with van der Waals surface area (Å²) in [5, 5.41) is 25.8. The van der Waals surface area contributed by atoms with Gasteiger partial charge in [0.25, 0.3) is 6.48 Å². The van der Waals surface area contributed by atoms with E-state index < -0.39 is 11.4 Å². The van der Waals surface area contributed by atoms with Gasteiger partial charge in [0.05, 0.1) is 6.61 Å². The molecule has 0 amide bonds. The van der Waals surface area contributed by atoms with Crippen LogP contribution in [0, 0.1) is 10.1 Å². The summed E-state index contributed by atoms with van der Waals surface area (Å²) >= 11 is 0. The molecule has 0 unspecified atom stereocenters. The fourth-order valence-corrected chi connectivity index (χ4v) is 0.382. The molecule has 0 saturated carbocycles. The van der Waals surface area contributed by atoms with Crippen molar-refractivity contribution in [3.8, 4) is 0 Å². The first kappa shape index (κ1) is 9.28. The van der Waals surface area contributed by atoms with Gasteiger partial charge in [0, 0.05) is 11.3 Å². The minimum Gasteiger partial charge on any atom is -0.346 e. The summed E-state index contributed by atoms with van der Waals surface area (Å²) in [4.78, 5) is 9.18. The highest BCUT2D eigenvalue weighted by Crippen LogP contribution is 1.85. The number of rotatable bonds is 5. The summed E-state index contributed by atoms with van der Waals surface area (Å²) in [5.41, 5.74) is 0. The minimum absolute atomic E-state index is 0.0152. The van der Waals surface area contributed by atoms with Gasteiger partial charge in [-0.25, -0.2) is 0 Å². The third-order valence-electron chi connectivity index (χ3n) is 0.752. The van der Waals surface area contributed by atoms with Crippen LogP contribution in [0.25, 0.3) is 0 Å². The first-order chi connectivity index (χ1) is 4.63. The summed E-state index contributed by atoms with van der Waals surface area (Å²) in [6.45, 7) is -2.06. The van der Waals surface area contributed by atoms with E-state index in [-0.39, 0.29) is 19.6 Å². The van der Waals surface area contributed by atoms with Crippen molar-refractivity contribution in [2.24, 2.45) is 0 Å². The van der Waals surface area contributed by atoms with E-state index in [1.54, 1.807) is 0 Å². The zero-order valence-corrected chi connectivity index (χ0v) is 5.27. The second-order valence-electron chi connectivity index (χ2n) is 1.61. The average molecular weight is 151 g/mol. The lowest BCUT2D eigenvalue weighted by Gasteiger charge is -2.01. The molecular weight excluding hydrogens is 142 g/mol. The maximum Gasteiger partial charge on any atom is 0.266 e. The van der Waals surface area contributed by atoms with E-state index in [2.05, 4.69) is 4.74 Å². The number of ether oxygens (including phenoxy) is 1. The molecule has 0 radical (unpaired) electrons. The number of nitrogens with zero attached hydrogens (tertiary/aromatic N) is 1. The van der Waals surface area contributed by atoms with Crippen LogP contribution in [-0.2, 0) is 4.74 Å². The Bertz CT molecular complexity index is 104. The predicted octanol–water partition coefficient (Wildman–Crippen LogP) is -1.06. The van der Waals surface area contributed by atoms with Crippen LogP contribution in [0.15, 0.2) is 0 Å². The SMILES string of the molecule is O=[N+]([O-])CCCOC(O)O. The molecule has 0 rings (SSSR count). The van der Waals surface area contributed by atoms with Gasteiger partial charge < -0.3 is 14.9 Å². The molecule has 0 atom stereocenters. The third-order valence-corrected chi connectivity index (χ3v) is 0.752. The lowest BCUT2D eigenvalue weighted by atomic mass is 10.5. The predicted molar refractivity (Wildman–Crippen MR) is 30.7 cm³/mol. The second-order valence-corrected chi connectivity index (χ2v) is 1.61. The standard InChI is InChI=1S/C4H9NO5/c6-4(7)10-3-1-2-5(8)9/h4,6-7H,1-3H2. The highest BCUT2D eigenvalue weighted by atomic mass is 16.7. The van der Waals surface area contributed by atoms with Crippen molar-refractivity contribution in [1.29, 1.82) is 0 Å². The maximum absolute atomic E-state index is 9.67. The van der Waals surface area contributed by atoms with Gasteiger partial charge in [-0.15, -0.1) is 0 Å². The molecule has 0 aliphatic heterocycles. The Labute approximate surface area is 57.2 Å². The molecule has 0 bridgehead atoms. The Morgan fingerprint density at radius 3 is 2.60 bits per heavy atom. The molecule has 0 spiro atoms. The van der Waals surface area contributed by atoms with Gasteiger partial charge >= 0.3 is 0 Å². The molecule has 6 nitrogen and oxygen atoms in total. The van der Waals surface area contributed by atoms with Crippen LogP contribution in [0.4, 0.5) is 0 Å². The molecule has 2 N–H and O–H groups in total. The number of aliphatic hydroxyl groups excluding tert-OH is 1. The van der Waals surface area contributed by atoms with Gasteiger partial charge in [0.2, 0.25) is 6.54 Å². The van der Waals surface area contributed by atoms with Crippen LogP contribution in [0.1, 0.15) is 6.42 Å². The molecule has 0 aromatic heterocycles. The fourth-order valence-electron chi connectivity index (χ4n) is 0.382. The van der Waals surface area contributed by atoms with Crippen molar-refractivity contribution in [1.82, 2.24) is 0 Å². The van der Waals surface area contributed by atoms with E-state index in [4.69, 9.17) is 10.2 Å². The number of aliphatic hydroxyl groups is 2. The lowest BCUT2D eigenvalue weighted by molar-refractivity contribution is -0.481. The van der Waals surface area contributed by atoms with Crippen LogP contribution in [0.3, 0.4) is 0 Å². The van der Waals surface area contributed by atoms with Gasteiger partial charge in [0.1, 0.15) is 0 Å². The molecule has 0 aromatic rings. The van der Waals surface area contributed by atoms with E-state index in [0.717, 1.165) is 0 Å². The van der Waals surface area contributed by atoms with E-state index in [1.807, 2.05) is 0 Å². The van der Waals surface area contributed by atoms with Crippen LogP contribution < -0.4 is 0 Å². The second kappa shape index (κ2) is 5.10. The van der Waals surface area contributed by atoms with Crippen molar-refractivity contribution in [2.45, 2.75) is 12.9 Å². The first-order valence-corrected chi connectivity index (χ1v) is 2.72.